The first-order chi connectivity index (χ1) is 60.1. The number of para-hydroxylation sites is 2. The van der Waals surface area contributed by atoms with Crippen molar-refractivity contribution in [3.05, 3.63) is 493 Å². The molecule has 0 N–H and O–H groups in total. The fourth-order valence-electron chi connectivity index (χ4n) is 18.9. The van der Waals surface area contributed by atoms with E-state index in [1.54, 1.807) is 24.3 Å². The molecule has 2 aliphatic carbocycles. The average molecular weight is 1570 g/mol. The molecule has 2 unspecified atom stereocenters. The summed E-state index contributed by atoms with van der Waals surface area (Å²) < 4.78 is 56.6. The van der Waals surface area contributed by atoms with Gasteiger partial charge in [-0.25, -0.2) is 8.78 Å². The molecule has 6 nitrogen and oxygen atoms in total. The van der Waals surface area contributed by atoms with Gasteiger partial charge in [-0.15, -0.1) is 0 Å². The number of nitrogens with zero attached hydrogens (tertiary/aromatic N) is 2. The third-order valence-corrected chi connectivity index (χ3v) is 24.6. The monoisotopic (exact) mass is 1570 g/mol. The predicted molar refractivity (Wildman–Crippen MR) is 494 cm³/mol. The highest BCUT2D eigenvalue weighted by atomic mass is 19.1. The van der Waals surface area contributed by atoms with Crippen LogP contribution in [0.25, 0.3) is 112 Å². The van der Waals surface area contributed by atoms with Crippen LogP contribution in [0.5, 0.6) is 23.0 Å². The normalized spacial score (nSPS) is 14.3. The second kappa shape index (κ2) is 29.6. The zero-order valence-corrected chi connectivity index (χ0v) is 66.1. The summed E-state index contributed by atoms with van der Waals surface area (Å²) in [7, 11) is 0. The molecule has 122 heavy (non-hydrogen) atoms. The molecule has 22 rings (SSSR count). The van der Waals surface area contributed by atoms with Gasteiger partial charge in [0.25, 0.3) is 0 Å². The summed E-state index contributed by atoms with van der Waals surface area (Å²) in [5, 5.41) is 4.22. The molecule has 8 heteroatoms. The summed E-state index contributed by atoms with van der Waals surface area (Å²) in [6.07, 6.45) is 3.64. The second-order valence-electron chi connectivity index (χ2n) is 31.3. The van der Waals surface area contributed by atoms with Crippen molar-refractivity contribution in [1.29, 1.82) is 0 Å². The quantitative estimate of drug-likeness (QED) is 0.0804. The molecule has 0 saturated heterocycles. The highest BCUT2D eigenvalue weighted by Gasteiger charge is 2.48. The molecule has 2 aliphatic rings. The molecule has 0 aliphatic heterocycles. The van der Waals surface area contributed by atoms with Gasteiger partial charge in [0.2, 0.25) is 0 Å². The van der Waals surface area contributed by atoms with Gasteiger partial charge in [0.1, 0.15) is 57.0 Å². The lowest BCUT2D eigenvalue weighted by Crippen LogP contribution is -2.29. The molecule has 2 aromatic heterocycles. The summed E-state index contributed by atoms with van der Waals surface area (Å²) in [6, 6.07) is 142. The molecular formula is C114H74F2N2O4. The lowest BCUT2D eigenvalue weighted by Gasteiger charge is -2.35. The van der Waals surface area contributed by atoms with E-state index in [0.29, 0.717) is 23.0 Å². The first-order valence-electron chi connectivity index (χ1n) is 41.0. The third-order valence-electron chi connectivity index (χ3n) is 24.6. The summed E-state index contributed by atoms with van der Waals surface area (Å²) >= 11 is 0. The number of benzene rings is 18. The van der Waals surface area contributed by atoms with Gasteiger partial charge in [0.15, 0.2) is 0 Å². The van der Waals surface area contributed by atoms with Gasteiger partial charge < -0.3 is 28.1 Å². The zero-order valence-electron chi connectivity index (χ0n) is 66.1. The van der Waals surface area contributed by atoms with E-state index in [-0.39, 0.29) is 11.6 Å². The maximum absolute atomic E-state index is 15.5. The van der Waals surface area contributed by atoms with Crippen LogP contribution in [-0.2, 0) is 10.8 Å². The number of rotatable bonds is 19. The first kappa shape index (κ1) is 72.5. The number of anilines is 6. The van der Waals surface area contributed by atoms with E-state index in [0.717, 1.165) is 189 Å². The molecule has 0 amide bonds. The van der Waals surface area contributed by atoms with Crippen LogP contribution < -0.4 is 19.3 Å². The van der Waals surface area contributed by atoms with Gasteiger partial charge in [-0.05, 0) is 293 Å². The van der Waals surface area contributed by atoms with Crippen molar-refractivity contribution in [3.63, 3.8) is 0 Å². The fraction of sp³-hybridized carbons (Fsp3) is 0.0175. The largest absolute Gasteiger partial charge is 0.457 e. The number of fused-ring (bicyclic) bond motifs is 12. The molecule has 0 bridgehead atoms. The van der Waals surface area contributed by atoms with Crippen molar-refractivity contribution in [3.8, 4) is 78.6 Å². The molecule has 2 heterocycles. The van der Waals surface area contributed by atoms with Crippen LogP contribution in [0.3, 0.4) is 0 Å². The van der Waals surface area contributed by atoms with Gasteiger partial charge in [-0.1, -0.05) is 256 Å². The maximum atomic E-state index is 15.5. The van der Waals surface area contributed by atoms with Crippen molar-refractivity contribution < 1.29 is 27.1 Å². The molecule has 0 radical (unpaired) electrons. The van der Waals surface area contributed by atoms with E-state index in [1.165, 1.54) is 0 Å². The van der Waals surface area contributed by atoms with Crippen molar-refractivity contribution in [2.45, 2.75) is 10.8 Å². The Morgan fingerprint density at radius 1 is 0.238 bits per heavy atom. The molecule has 20 aromatic rings. The van der Waals surface area contributed by atoms with Crippen LogP contribution in [0.15, 0.2) is 435 Å². The van der Waals surface area contributed by atoms with Crippen LogP contribution in [0, 0.1) is 11.6 Å². The van der Waals surface area contributed by atoms with Gasteiger partial charge in [0, 0.05) is 55.7 Å². The van der Waals surface area contributed by atoms with Crippen molar-refractivity contribution >= 4 is 90.2 Å². The molecule has 578 valence electrons. The number of hydrogen-bond acceptors (Lipinski definition) is 6. The maximum Gasteiger partial charge on any atom is 0.135 e. The fourth-order valence-corrected chi connectivity index (χ4v) is 18.9. The van der Waals surface area contributed by atoms with E-state index in [9.17, 15) is 0 Å². The van der Waals surface area contributed by atoms with Gasteiger partial charge in [0.05, 0.1) is 10.8 Å². The Hall–Kier alpha value is -15.9. The molecule has 2 atom stereocenters. The van der Waals surface area contributed by atoms with Gasteiger partial charge in [-0.3, -0.25) is 0 Å². The SMILES string of the molecule is C=Cc1ccc(Oc2ccc(C3(c4ccc(F)cc4)c4ccccc4-c4ccc(N(c5ccc(-c6ccc(N(c7cccc(-c8ccc9oc%10ccccc%10c9c8)c7)c7ccc8c(c7)C(c7ccc(F)cc7)(c7ccc(Oc9ccc(C=C)cc9)cc7)c7ccccc7-8)cc6)cc5)c5cccc(-c6ccc7oc8ccccc8c7c6)c5)cc43)cc2)cc1. The van der Waals surface area contributed by atoms with E-state index in [2.05, 4.69) is 290 Å². The van der Waals surface area contributed by atoms with Crippen LogP contribution in [0.1, 0.15) is 55.6 Å². The summed E-state index contributed by atoms with van der Waals surface area (Å²) in [4.78, 5) is 4.70. The average Bonchev–Trinajstić information content (AvgIpc) is 1.54. The minimum Gasteiger partial charge on any atom is -0.457 e. The van der Waals surface area contributed by atoms with Crippen LogP contribution in [0.4, 0.5) is 42.9 Å². The molecule has 18 aromatic carbocycles. The third kappa shape index (κ3) is 12.3. The second-order valence-corrected chi connectivity index (χ2v) is 31.3. The Morgan fingerprint density at radius 2 is 0.549 bits per heavy atom. The smallest absolute Gasteiger partial charge is 0.135 e. The molecular weight excluding hydrogens is 1500 g/mol. The number of furan rings is 2. The topological polar surface area (TPSA) is 51.2 Å². The lowest BCUT2D eigenvalue weighted by molar-refractivity contribution is 0.482. The van der Waals surface area contributed by atoms with E-state index < -0.39 is 10.8 Å². The minimum atomic E-state index is -0.903. The minimum absolute atomic E-state index is 0.314. The van der Waals surface area contributed by atoms with Gasteiger partial charge in [-0.2, -0.15) is 0 Å². The van der Waals surface area contributed by atoms with Gasteiger partial charge >= 0.3 is 0 Å². The Balaban J connectivity index is 0.673. The molecule has 0 spiro atoms. The Kier molecular flexibility index (Phi) is 17.6. The van der Waals surface area contributed by atoms with Crippen molar-refractivity contribution in [2.75, 3.05) is 9.80 Å². The number of ether oxygens (including phenoxy) is 2. The van der Waals surface area contributed by atoms with E-state index >= 15 is 8.78 Å². The lowest BCUT2D eigenvalue weighted by atomic mass is 9.67. The van der Waals surface area contributed by atoms with Crippen LogP contribution >= 0.6 is 0 Å². The highest BCUT2D eigenvalue weighted by Crippen LogP contribution is 2.60. The van der Waals surface area contributed by atoms with Crippen LogP contribution in [-0.4, -0.2) is 0 Å². The first-order valence-corrected chi connectivity index (χ1v) is 41.0. The highest BCUT2D eigenvalue weighted by molar-refractivity contribution is 6.08. The summed E-state index contributed by atoms with van der Waals surface area (Å²) in [5.41, 5.74) is 27.9. The Labute approximate surface area is 704 Å². The van der Waals surface area contributed by atoms with Crippen molar-refractivity contribution in [1.82, 2.24) is 0 Å². The molecule has 0 saturated carbocycles. The van der Waals surface area contributed by atoms with Crippen molar-refractivity contribution in [2.24, 2.45) is 0 Å². The standard InChI is InChI=1S/C114H74F2N2O4/c1-3-73-27-55-93(56-28-73)119-95-59-41-83(42-60-95)113(81-37-45-85(115)46-38-81)105-23-9-5-19-97(105)99-63-53-91(71-107(99)113)117(89-17-13-15-77(67-89)79-35-65-111-103(69-79)101-21-7-11-25-109(101)121-111)87-49-31-75(32-50-87)76-33-51-88(52-34-76)118(90-18-14-16-78(68-90)80-36-66-112-104(70-80)102-22-8-12-26-110(102)122-112)92-54-64-100-98-20-6-10-24-106(98)114(108(100)72-92,82-39-47-86(116)48-40-82)84-43-61-96(62-44-84)120-94-57-29-74(4-2)30-58-94/h3-72H,1-2H2. The van der Waals surface area contributed by atoms with Crippen LogP contribution in [0.2, 0.25) is 0 Å². The molecule has 0 fully saturated rings. The Bertz CT molecular complexity index is 7030. The summed E-state index contributed by atoms with van der Waals surface area (Å²) in [5.74, 6) is 2.17. The van der Waals surface area contributed by atoms with E-state index in [4.69, 9.17) is 18.3 Å². The number of halogens is 2. The Morgan fingerprint density at radius 3 is 0.943 bits per heavy atom. The van der Waals surface area contributed by atoms with E-state index in [1.807, 2.05) is 133 Å². The summed E-state index contributed by atoms with van der Waals surface area (Å²) in [6.45, 7) is 7.88. The predicted octanol–water partition coefficient (Wildman–Crippen LogP) is 31.3. The number of hydrogen-bond donors (Lipinski definition) is 0. The zero-order chi connectivity index (χ0) is 81.6.